The van der Waals surface area contributed by atoms with E-state index in [1.165, 1.54) is 0 Å². The van der Waals surface area contributed by atoms with Crippen molar-refractivity contribution >= 4 is 7.05 Å². The van der Waals surface area contributed by atoms with Gasteiger partial charge in [-0.05, 0) is 20.5 Å². The highest BCUT2D eigenvalue weighted by Gasteiger charge is 2.11. The van der Waals surface area contributed by atoms with Crippen LogP contribution in [-0.2, 0) is 9.47 Å². The molecule has 0 aromatic heterocycles. The molecule has 0 aromatic rings. The minimum absolute atomic E-state index is 0.750. The molecular weight excluding hydrogens is 173 g/mol. The topological polar surface area (TPSA) is 30.8 Å². The van der Waals surface area contributed by atoms with E-state index in [0.29, 0.717) is 0 Å². The lowest BCUT2D eigenvalue weighted by molar-refractivity contribution is 0.176. The third-order valence-electron chi connectivity index (χ3n) is 1.63. The molecule has 0 aliphatic carbocycles. The van der Waals surface area contributed by atoms with Crippen LogP contribution in [-0.4, -0.2) is 39.6 Å². The van der Waals surface area contributed by atoms with Crippen LogP contribution in [0.5, 0.6) is 0 Å². The Balaban J connectivity index is 3.89. The van der Waals surface area contributed by atoms with E-state index >= 15 is 0 Å². The van der Waals surface area contributed by atoms with Crippen molar-refractivity contribution < 1.29 is 9.47 Å². The highest BCUT2D eigenvalue weighted by Crippen LogP contribution is 2.44. The van der Waals surface area contributed by atoms with E-state index in [2.05, 4.69) is 11.4 Å². The summed E-state index contributed by atoms with van der Waals surface area (Å²) in [5, 5.41) is 0. The van der Waals surface area contributed by atoms with Gasteiger partial charge in [-0.25, -0.2) is 0 Å². The minimum atomic E-state index is -1.30. The Bertz CT molecular complexity index is 147. The van der Waals surface area contributed by atoms with Gasteiger partial charge in [-0.1, -0.05) is 0 Å². The molecule has 0 heterocycles. The molecule has 0 radical (unpaired) electrons. The van der Waals surface area contributed by atoms with E-state index in [9.17, 15) is 0 Å². The van der Waals surface area contributed by atoms with Crippen LogP contribution in [0, 0.1) is 0 Å². The molecule has 0 saturated heterocycles. The van der Waals surface area contributed by atoms with Gasteiger partial charge >= 0.3 is 0 Å². The fourth-order valence-electron chi connectivity index (χ4n) is 0.729. The second-order valence-corrected chi connectivity index (χ2v) is 6.38. The van der Waals surface area contributed by atoms with E-state index in [4.69, 9.17) is 9.47 Å². The fourth-order valence-corrected chi connectivity index (χ4v) is 2.19. The highest BCUT2D eigenvalue weighted by molar-refractivity contribution is 7.65. The molecule has 74 valence electrons. The zero-order valence-electron chi connectivity index (χ0n) is 8.54. The first-order valence-electron chi connectivity index (χ1n) is 4.30. The Labute approximate surface area is 75.5 Å². The normalized spacial score (nSPS) is 11.7. The summed E-state index contributed by atoms with van der Waals surface area (Å²) in [7, 11) is 0.550. The summed E-state index contributed by atoms with van der Waals surface area (Å²) in [4.78, 5) is 0. The molecule has 0 aromatic carbocycles. The van der Waals surface area contributed by atoms with Crippen molar-refractivity contribution in [2.24, 2.45) is 4.74 Å². The molecule has 3 nitrogen and oxygen atoms in total. The van der Waals surface area contributed by atoms with Crippen LogP contribution in [0.1, 0.15) is 13.8 Å². The Hall–Kier alpha value is 0.150. The van der Waals surface area contributed by atoms with Crippen LogP contribution in [0.3, 0.4) is 0 Å². The zero-order chi connectivity index (χ0) is 9.45. The molecule has 0 spiro atoms. The zero-order valence-corrected chi connectivity index (χ0v) is 9.43. The Morgan fingerprint density at radius 3 is 1.75 bits per heavy atom. The number of rotatable bonds is 6. The fraction of sp³-hybridized carbons (Fsp3) is 1.00. The third kappa shape index (κ3) is 4.91. The summed E-state index contributed by atoms with van der Waals surface area (Å²) in [5.41, 5.74) is 0. The molecule has 0 N–H and O–H groups in total. The molecule has 0 saturated carbocycles. The molecule has 0 unspecified atom stereocenters. The molecule has 0 bridgehead atoms. The number of hydrogen-bond donors (Lipinski definition) is 0. The molecule has 0 amide bonds. The van der Waals surface area contributed by atoms with E-state index < -0.39 is 7.05 Å². The molecular formula is C8H20NO2P. The molecule has 12 heavy (non-hydrogen) atoms. The van der Waals surface area contributed by atoms with Gasteiger partial charge in [0.1, 0.15) is 0 Å². The summed E-state index contributed by atoms with van der Waals surface area (Å²) in [6.45, 7) is 7.67. The SMILES string of the molecule is CCOCP(C)(COCC)=NC. The van der Waals surface area contributed by atoms with Crippen LogP contribution in [0.25, 0.3) is 0 Å². The average molecular weight is 193 g/mol. The lowest BCUT2D eigenvalue weighted by Gasteiger charge is -2.18. The first-order chi connectivity index (χ1) is 5.68. The quantitative estimate of drug-likeness (QED) is 0.606. The largest absolute Gasteiger partial charge is 0.376 e. The van der Waals surface area contributed by atoms with Gasteiger partial charge in [0, 0.05) is 27.3 Å². The smallest absolute Gasteiger partial charge is 0.0830 e. The van der Waals surface area contributed by atoms with Gasteiger partial charge in [-0.15, -0.1) is 0 Å². The van der Waals surface area contributed by atoms with Gasteiger partial charge in [0.25, 0.3) is 0 Å². The van der Waals surface area contributed by atoms with Crippen molar-refractivity contribution in [3.63, 3.8) is 0 Å². The van der Waals surface area contributed by atoms with Crippen molar-refractivity contribution in [2.75, 3.05) is 39.6 Å². The third-order valence-corrected chi connectivity index (χ3v) is 4.07. The summed E-state index contributed by atoms with van der Waals surface area (Å²) in [6.07, 6.45) is 1.50. The summed E-state index contributed by atoms with van der Waals surface area (Å²) in [5.74, 6) is 0. The molecule has 4 heteroatoms. The molecule has 0 atom stereocenters. The van der Waals surface area contributed by atoms with Gasteiger partial charge < -0.3 is 14.2 Å². The predicted octanol–water partition coefficient (Wildman–Crippen LogP) is 2.44. The van der Waals surface area contributed by atoms with Crippen molar-refractivity contribution in [3.8, 4) is 0 Å². The second-order valence-electron chi connectivity index (χ2n) is 2.78. The predicted molar refractivity (Wildman–Crippen MR) is 54.2 cm³/mol. The van der Waals surface area contributed by atoms with Crippen LogP contribution < -0.4 is 0 Å². The van der Waals surface area contributed by atoms with Crippen LogP contribution >= 0.6 is 7.05 Å². The van der Waals surface area contributed by atoms with E-state index in [1.54, 1.807) is 0 Å². The first kappa shape index (κ1) is 12.2. The number of ether oxygens (including phenoxy) is 2. The maximum Gasteiger partial charge on any atom is 0.0830 e. The summed E-state index contributed by atoms with van der Waals surface area (Å²) < 4.78 is 15.1. The van der Waals surface area contributed by atoms with Gasteiger partial charge in [0.2, 0.25) is 0 Å². The lowest BCUT2D eigenvalue weighted by atomic mass is 10.9. The molecule has 0 aliphatic rings. The van der Waals surface area contributed by atoms with Crippen LogP contribution in [0.15, 0.2) is 4.74 Å². The molecule has 0 rings (SSSR count). The molecule has 0 aliphatic heterocycles. The van der Waals surface area contributed by atoms with Crippen LogP contribution in [0.2, 0.25) is 0 Å². The monoisotopic (exact) mass is 193 g/mol. The highest BCUT2D eigenvalue weighted by atomic mass is 31.2. The minimum Gasteiger partial charge on any atom is -0.376 e. The van der Waals surface area contributed by atoms with Crippen LogP contribution in [0.4, 0.5) is 0 Å². The maximum absolute atomic E-state index is 5.36. The van der Waals surface area contributed by atoms with Crippen molar-refractivity contribution in [1.82, 2.24) is 0 Å². The van der Waals surface area contributed by atoms with Crippen molar-refractivity contribution in [3.05, 3.63) is 0 Å². The summed E-state index contributed by atoms with van der Waals surface area (Å²) in [6, 6.07) is 0. The van der Waals surface area contributed by atoms with E-state index in [1.807, 2.05) is 20.9 Å². The first-order valence-corrected chi connectivity index (χ1v) is 6.86. The number of hydrogen-bond acceptors (Lipinski definition) is 3. The Morgan fingerprint density at radius 1 is 1.08 bits per heavy atom. The summed E-state index contributed by atoms with van der Waals surface area (Å²) >= 11 is 0. The van der Waals surface area contributed by atoms with Gasteiger partial charge in [-0.3, -0.25) is 0 Å². The van der Waals surface area contributed by atoms with E-state index in [-0.39, 0.29) is 0 Å². The van der Waals surface area contributed by atoms with Crippen molar-refractivity contribution in [2.45, 2.75) is 13.8 Å². The lowest BCUT2D eigenvalue weighted by Crippen LogP contribution is -2.02. The van der Waals surface area contributed by atoms with Gasteiger partial charge in [0.05, 0.1) is 12.7 Å². The van der Waals surface area contributed by atoms with Gasteiger partial charge in [0.15, 0.2) is 0 Å². The average Bonchev–Trinajstić information content (AvgIpc) is 2.11. The Morgan fingerprint density at radius 2 is 1.50 bits per heavy atom. The number of nitrogens with zero attached hydrogens (tertiary/aromatic N) is 1. The standard InChI is InChI=1S/C8H20NO2P/c1-5-10-7-12(4,9-3)8-11-6-2/h5-8H2,1-4H3. The molecule has 0 fully saturated rings. The maximum atomic E-state index is 5.36. The van der Waals surface area contributed by atoms with Crippen molar-refractivity contribution in [1.29, 1.82) is 0 Å². The van der Waals surface area contributed by atoms with E-state index in [0.717, 1.165) is 25.9 Å². The Kier molecular flexibility index (Phi) is 6.73. The second kappa shape index (κ2) is 6.64. The van der Waals surface area contributed by atoms with Gasteiger partial charge in [-0.2, -0.15) is 0 Å².